The van der Waals surface area contributed by atoms with Crippen molar-refractivity contribution in [2.75, 3.05) is 0 Å². The van der Waals surface area contributed by atoms with E-state index in [4.69, 9.17) is 0 Å². The van der Waals surface area contributed by atoms with Gasteiger partial charge in [-0.25, -0.2) is 0 Å². The molecule has 0 bridgehead atoms. The molecule has 0 radical (unpaired) electrons. The van der Waals surface area contributed by atoms with E-state index in [1.165, 1.54) is 0 Å². The molecule has 26 heavy (non-hydrogen) atoms. The van der Waals surface area contributed by atoms with Crippen molar-refractivity contribution in [3.8, 4) is 0 Å². The molecule has 0 aromatic rings. The number of nitrogens with zero attached hydrogens (tertiary/aromatic N) is 12. The maximum Gasteiger partial charge on any atom is 0.218 e. The molecule has 120 valence electrons. The van der Waals surface area contributed by atoms with Crippen LogP contribution in [0.5, 0.6) is 0 Å². The average Bonchev–Trinajstić information content (AvgIpc) is 3.42. The summed E-state index contributed by atoms with van der Waals surface area (Å²) in [6, 6.07) is 0. The van der Waals surface area contributed by atoms with Gasteiger partial charge in [-0.2, -0.15) is 0 Å². The Labute approximate surface area is 140 Å². The molecule has 0 spiro atoms. The maximum absolute atomic E-state index is 13.0. The lowest BCUT2D eigenvalue weighted by Gasteiger charge is -2.19. The number of Topliss-reactive ketones (excluding diaryl/α,β-unsaturated/α-hetero) is 2. The van der Waals surface area contributed by atoms with E-state index >= 15 is 0 Å². The molecule has 0 unspecified atom stereocenters. The predicted molar refractivity (Wildman–Crippen MR) is 80.3 cm³/mol. The van der Waals surface area contributed by atoms with Gasteiger partial charge in [-0.3, -0.25) is 9.59 Å². The molecule has 0 N–H and O–H groups in total. The Morgan fingerprint density at radius 2 is 0.731 bits per heavy atom. The van der Waals surface area contributed by atoms with Gasteiger partial charge in [0.05, 0.1) is 11.1 Å². The topological polar surface area (TPSA) is 182 Å². The van der Waals surface area contributed by atoms with E-state index in [1.807, 2.05) is 0 Å². The van der Waals surface area contributed by atoms with Gasteiger partial charge in [-0.15, -0.1) is 40.9 Å². The van der Waals surface area contributed by atoms with E-state index < -0.39 is 11.6 Å². The smallest absolute Gasteiger partial charge is 0.218 e. The summed E-state index contributed by atoms with van der Waals surface area (Å²) in [5.74, 6) is -1.21. The zero-order valence-corrected chi connectivity index (χ0v) is 12.2. The van der Waals surface area contributed by atoms with E-state index in [9.17, 15) is 9.59 Å². The second kappa shape index (κ2) is 4.18. The molecule has 4 heterocycles. The molecule has 14 nitrogen and oxygen atoms in total. The molecule has 0 fully saturated rings. The Bertz CT molecular complexity index is 1150. The summed E-state index contributed by atoms with van der Waals surface area (Å²) in [6.07, 6.45) is 0. The van der Waals surface area contributed by atoms with Crippen LogP contribution in [0.2, 0.25) is 0 Å². The van der Waals surface area contributed by atoms with Crippen molar-refractivity contribution in [2.24, 2.45) is 61.8 Å². The molecule has 0 saturated carbocycles. The fourth-order valence-electron chi connectivity index (χ4n) is 3.02. The fourth-order valence-corrected chi connectivity index (χ4v) is 3.02. The molecule has 4 aliphatic heterocycles. The summed E-state index contributed by atoms with van der Waals surface area (Å²) in [4.78, 5) is 26.0. The lowest BCUT2D eigenvalue weighted by molar-refractivity contribution is -0.111. The summed E-state index contributed by atoms with van der Waals surface area (Å²) in [5, 5.41) is 44.6. The van der Waals surface area contributed by atoms with Crippen molar-refractivity contribution < 1.29 is 9.59 Å². The Hall–Kier alpha value is -4.36. The molecule has 2 aliphatic carbocycles. The Balaban J connectivity index is 1.70. The highest BCUT2D eigenvalue weighted by Gasteiger charge is 2.48. The van der Waals surface area contributed by atoms with E-state index in [0.29, 0.717) is 0 Å². The second-order valence-corrected chi connectivity index (χ2v) is 5.35. The monoisotopic (exact) mass is 344 g/mol. The predicted octanol–water partition coefficient (Wildman–Crippen LogP) is 1.16. The van der Waals surface area contributed by atoms with E-state index in [-0.39, 0.29) is 56.8 Å². The number of allylic oxidation sites excluding steroid dienone is 4. The van der Waals surface area contributed by atoms with Crippen molar-refractivity contribution in [1.82, 2.24) is 0 Å². The van der Waals surface area contributed by atoms with Gasteiger partial charge in [0, 0.05) is 0 Å². The van der Waals surface area contributed by atoms with E-state index in [2.05, 4.69) is 61.8 Å². The van der Waals surface area contributed by atoms with Crippen LogP contribution in [0.15, 0.2) is 95.7 Å². The molecule has 0 aromatic carbocycles. The molecule has 0 amide bonds. The molecular formula is C12N12O2. The van der Waals surface area contributed by atoms with Crippen molar-refractivity contribution in [3.05, 3.63) is 33.9 Å². The van der Waals surface area contributed by atoms with Gasteiger partial charge in [0.1, 0.15) is 34.2 Å². The summed E-state index contributed by atoms with van der Waals surface area (Å²) >= 11 is 0. The molecule has 6 aliphatic rings. The minimum atomic E-state index is -0.604. The van der Waals surface area contributed by atoms with Gasteiger partial charge in [0.2, 0.25) is 11.6 Å². The first-order valence-corrected chi connectivity index (χ1v) is 7.05. The van der Waals surface area contributed by atoms with Crippen molar-refractivity contribution >= 4 is 34.4 Å². The SMILES string of the molecule is O=C1C2=NN=NC2=C2N=NN=C2C1=C1C(=O)C2=NN=NC2=C2N=NN=C21. The number of fused-ring (bicyclic) bond motifs is 4. The van der Waals surface area contributed by atoms with Gasteiger partial charge >= 0.3 is 0 Å². The van der Waals surface area contributed by atoms with Gasteiger partial charge in [0.25, 0.3) is 0 Å². The summed E-state index contributed by atoms with van der Waals surface area (Å²) in [5.41, 5.74) is 0.608. The van der Waals surface area contributed by atoms with Crippen LogP contribution in [0, 0.1) is 0 Å². The average molecular weight is 344 g/mol. The molecular weight excluding hydrogens is 344 g/mol. The number of rotatable bonds is 0. The summed E-state index contributed by atoms with van der Waals surface area (Å²) in [6.45, 7) is 0. The minimum absolute atomic E-state index is 0.0540. The van der Waals surface area contributed by atoms with Crippen LogP contribution in [0.25, 0.3) is 0 Å². The van der Waals surface area contributed by atoms with Crippen molar-refractivity contribution in [3.63, 3.8) is 0 Å². The summed E-state index contributed by atoms with van der Waals surface area (Å²) < 4.78 is 0. The first-order valence-electron chi connectivity index (χ1n) is 7.05. The molecule has 0 atom stereocenters. The zero-order chi connectivity index (χ0) is 17.4. The first-order chi connectivity index (χ1) is 12.8. The number of hydrogen-bond acceptors (Lipinski definition) is 14. The molecule has 0 aromatic heterocycles. The van der Waals surface area contributed by atoms with Crippen LogP contribution in [0.3, 0.4) is 0 Å². The van der Waals surface area contributed by atoms with Gasteiger partial charge < -0.3 is 0 Å². The van der Waals surface area contributed by atoms with Crippen LogP contribution < -0.4 is 0 Å². The van der Waals surface area contributed by atoms with Crippen LogP contribution in [0.1, 0.15) is 0 Å². The van der Waals surface area contributed by atoms with Crippen LogP contribution in [-0.2, 0) is 9.59 Å². The normalized spacial score (nSPS) is 26.9. The van der Waals surface area contributed by atoms with Crippen LogP contribution in [0.4, 0.5) is 0 Å². The third-order valence-corrected chi connectivity index (χ3v) is 4.11. The Morgan fingerprint density at radius 1 is 0.423 bits per heavy atom. The highest BCUT2D eigenvalue weighted by atomic mass is 16.1. The number of ketones is 2. The fraction of sp³-hybridized carbons (Fsp3) is 0. The first kappa shape index (κ1) is 13.0. The van der Waals surface area contributed by atoms with Crippen molar-refractivity contribution in [1.29, 1.82) is 0 Å². The van der Waals surface area contributed by atoms with Crippen LogP contribution in [-0.4, -0.2) is 34.4 Å². The number of carbonyl (C=O) groups is 2. The molecule has 14 heteroatoms. The third-order valence-electron chi connectivity index (χ3n) is 4.11. The quantitative estimate of drug-likeness (QED) is 0.598. The zero-order valence-electron chi connectivity index (χ0n) is 12.2. The standard InChI is InChI=1S/C12N12O2/c25-11-1(3-5(15-21-13-3)7-9(11)19-23-17-7)2-4-6(16-22-14-4)8-10(12(2)26)20-24-18-8. The lowest BCUT2D eigenvalue weighted by Crippen LogP contribution is -2.37. The largest absolute Gasteiger partial charge is 0.287 e. The highest BCUT2D eigenvalue weighted by molar-refractivity contribution is 6.68. The third kappa shape index (κ3) is 1.33. The maximum atomic E-state index is 13.0. The van der Waals surface area contributed by atoms with E-state index in [1.54, 1.807) is 0 Å². The number of carbonyl (C=O) groups excluding carboxylic acids is 2. The Morgan fingerprint density at radius 3 is 1.12 bits per heavy atom. The van der Waals surface area contributed by atoms with Crippen LogP contribution >= 0.6 is 0 Å². The lowest BCUT2D eigenvalue weighted by atomic mass is 9.80. The molecule has 0 saturated heterocycles. The Kier molecular flexibility index (Phi) is 2.09. The highest BCUT2D eigenvalue weighted by Crippen LogP contribution is 2.38. The van der Waals surface area contributed by atoms with Crippen molar-refractivity contribution in [2.45, 2.75) is 0 Å². The van der Waals surface area contributed by atoms with Gasteiger partial charge in [0.15, 0.2) is 11.4 Å². The minimum Gasteiger partial charge on any atom is -0.287 e. The molecule has 6 rings (SSSR count). The second-order valence-electron chi connectivity index (χ2n) is 5.35. The van der Waals surface area contributed by atoms with Gasteiger partial charge in [-0.1, -0.05) is 0 Å². The number of hydrogen-bond donors (Lipinski definition) is 0. The summed E-state index contributed by atoms with van der Waals surface area (Å²) in [7, 11) is 0. The van der Waals surface area contributed by atoms with Gasteiger partial charge in [-0.05, 0) is 20.9 Å². The van der Waals surface area contributed by atoms with E-state index in [0.717, 1.165) is 0 Å².